The SMILES string of the molecule is NCC(=CF)COC1c2ccncc2C(=O)N1C1CC1.O=C(O)C(F)(F)F. The maximum absolute atomic E-state index is 12.6. The third-order valence-electron chi connectivity index (χ3n) is 3.86. The van der Waals surface area contributed by atoms with Crippen molar-refractivity contribution in [3.05, 3.63) is 41.5 Å². The molecule has 2 aliphatic rings. The van der Waals surface area contributed by atoms with E-state index in [1.165, 1.54) is 0 Å². The van der Waals surface area contributed by atoms with E-state index in [1.807, 2.05) is 0 Å². The summed E-state index contributed by atoms with van der Waals surface area (Å²) in [6.07, 6.45) is 0.0743. The Morgan fingerprint density at radius 3 is 2.56 bits per heavy atom. The van der Waals surface area contributed by atoms with Crippen LogP contribution in [0.25, 0.3) is 0 Å². The highest BCUT2D eigenvalue weighted by molar-refractivity contribution is 5.99. The number of pyridine rings is 1. The Bertz CT molecular complexity index is 735. The molecule has 1 aromatic rings. The lowest BCUT2D eigenvalue weighted by molar-refractivity contribution is -0.192. The largest absolute Gasteiger partial charge is 0.490 e. The lowest BCUT2D eigenvalue weighted by Gasteiger charge is -2.25. The highest BCUT2D eigenvalue weighted by Crippen LogP contribution is 2.42. The quantitative estimate of drug-likeness (QED) is 0.746. The first-order valence-corrected chi connectivity index (χ1v) is 7.87. The van der Waals surface area contributed by atoms with Crippen molar-refractivity contribution in [2.45, 2.75) is 31.3 Å². The van der Waals surface area contributed by atoms with Crippen LogP contribution in [0.5, 0.6) is 0 Å². The van der Waals surface area contributed by atoms with E-state index in [0.29, 0.717) is 17.5 Å². The number of carboxylic acid groups (broad SMARTS) is 1. The smallest absolute Gasteiger partial charge is 0.475 e. The van der Waals surface area contributed by atoms with Crippen LogP contribution >= 0.6 is 0 Å². The Labute approximate surface area is 151 Å². The van der Waals surface area contributed by atoms with Crippen molar-refractivity contribution in [2.75, 3.05) is 13.2 Å². The van der Waals surface area contributed by atoms with Crippen LogP contribution in [0.4, 0.5) is 17.6 Å². The number of halogens is 4. The molecule has 0 spiro atoms. The molecule has 1 unspecified atom stereocenters. The average Bonchev–Trinajstić information content (AvgIpc) is 3.42. The molecule has 1 amide bonds. The maximum atomic E-state index is 12.6. The fourth-order valence-corrected chi connectivity index (χ4v) is 2.40. The molecule has 0 radical (unpaired) electrons. The number of aliphatic carboxylic acids is 1. The minimum atomic E-state index is -5.08. The second kappa shape index (κ2) is 8.44. The van der Waals surface area contributed by atoms with Gasteiger partial charge >= 0.3 is 12.1 Å². The van der Waals surface area contributed by atoms with Gasteiger partial charge in [0.05, 0.1) is 18.5 Å². The van der Waals surface area contributed by atoms with Crippen molar-refractivity contribution in [1.82, 2.24) is 9.88 Å². The topological polar surface area (TPSA) is 106 Å². The molecule has 0 aromatic carbocycles. The lowest BCUT2D eigenvalue weighted by atomic mass is 10.2. The van der Waals surface area contributed by atoms with Gasteiger partial charge in [-0.05, 0) is 24.5 Å². The van der Waals surface area contributed by atoms with E-state index in [-0.39, 0.29) is 25.1 Å². The van der Waals surface area contributed by atoms with E-state index in [0.717, 1.165) is 18.4 Å². The van der Waals surface area contributed by atoms with Gasteiger partial charge in [0.15, 0.2) is 6.23 Å². The summed E-state index contributed by atoms with van der Waals surface area (Å²) >= 11 is 0. The fourth-order valence-electron chi connectivity index (χ4n) is 2.40. The third kappa shape index (κ3) is 5.01. The summed E-state index contributed by atoms with van der Waals surface area (Å²) in [5.41, 5.74) is 7.16. The van der Waals surface area contributed by atoms with Crippen molar-refractivity contribution < 1.29 is 37.0 Å². The molecule has 7 nitrogen and oxygen atoms in total. The van der Waals surface area contributed by atoms with Crippen LogP contribution in [0.15, 0.2) is 30.4 Å². The predicted molar refractivity (Wildman–Crippen MR) is 84.1 cm³/mol. The average molecular weight is 391 g/mol. The number of aromatic nitrogens is 1. The lowest BCUT2D eigenvalue weighted by Crippen LogP contribution is -2.32. The van der Waals surface area contributed by atoms with Crippen molar-refractivity contribution in [1.29, 1.82) is 0 Å². The van der Waals surface area contributed by atoms with Gasteiger partial charge in [0.1, 0.15) is 0 Å². The van der Waals surface area contributed by atoms with Crippen molar-refractivity contribution in [2.24, 2.45) is 5.73 Å². The second-order valence-corrected chi connectivity index (χ2v) is 5.84. The van der Waals surface area contributed by atoms with Gasteiger partial charge in [-0.1, -0.05) is 0 Å². The molecule has 1 aliphatic heterocycles. The van der Waals surface area contributed by atoms with E-state index < -0.39 is 18.4 Å². The first kappa shape index (κ1) is 20.8. The molecule has 3 rings (SSSR count). The summed E-state index contributed by atoms with van der Waals surface area (Å²) in [5, 5.41) is 7.12. The predicted octanol–water partition coefficient (Wildman–Crippen LogP) is 2.16. The summed E-state index contributed by atoms with van der Waals surface area (Å²) in [5.74, 6) is -2.81. The summed E-state index contributed by atoms with van der Waals surface area (Å²) < 4.78 is 50.0. The number of ether oxygens (including phenoxy) is 1. The van der Waals surface area contributed by atoms with E-state index >= 15 is 0 Å². The third-order valence-corrected chi connectivity index (χ3v) is 3.86. The minimum Gasteiger partial charge on any atom is -0.475 e. The highest BCUT2D eigenvalue weighted by atomic mass is 19.4. The van der Waals surface area contributed by atoms with Gasteiger partial charge < -0.3 is 20.5 Å². The number of carbonyl (C=O) groups is 2. The minimum absolute atomic E-state index is 0.0564. The second-order valence-electron chi connectivity index (χ2n) is 5.84. The van der Waals surface area contributed by atoms with Crippen molar-refractivity contribution in [3.8, 4) is 0 Å². The zero-order valence-corrected chi connectivity index (χ0v) is 13.9. The Hall–Kier alpha value is -2.53. The van der Waals surface area contributed by atoms with Crippen LogP contribution in [-0.4, -0.2) is 52.2 Å². The van der Waals surface area contributed by atoms with Gasteiger partial charge in [0.2, 0.25) is 0 Å². The highest BCUT2D eigenvalue weighted by Gasteiger charge is 2.45. The van der Waals surface area contributed by atoms with Gasteiger partial charge in [0.25, 0.3) is 5.91 Å². The van der Waals surface area contributed by atoms with E-state index in [4.69, 9.17) is 20.4 Å². The number of hydrogen-bond donors (Lipinski definition) is 2. The number of nitrogens with zero attached hydrogens (tertiary/aromatic N) is 2. The number of rotatable bonds is 5. The number of carboxylic acids is 1. The number of amides is 1. The zero-order valence-electron chi connectivity index (χ0n) is 13.9. The van der Waals surface area contributed by atoms with Gasteiger partial charge in [-0.3, -0.25) is 9.78 Å². The summed E-state index contributed by atoms with van der Waals surface area (Å²) in [6.45, 7) is 0.180. The molecule has 1 fully saturated rings. The van der Waals surface area contributed by atoms with Crippen LogP contribution in [-0.2, 0) is 9.53 Å². The number of carbonyl (C=O) groups excluding carboxylic acids is 1. The van der Waals surface area contributed by atoms with Crippen LogP contribution < -0.4 is 5.73 Å². The number of fused-ring (bicyclic) bond motifs is 1. The molecule has 0 bridgehead atoms. The van der Waals surface area contributed by atoms with Gasteiger partial charge in [-0.25, -0.2) is 9.18 Å². The zero-order chi connectivity index (χ0) is 20.2. The standard InChI is InChI=1S/C14H16FN3O2.C2HF3O2/c15-5-9(6-16)8-20-14-11-3-4-17-7-12(11)13(19)18(14)10-1-2-10;3-2(4,5)1(6)7/h3-5,7,10,14H,1-2,6,8,16H2;(H,6,7). The molecular weight excluding hydrogens is 374 g/mol. The molecule has 1 saturated carbocycles. The van der Waals surface area contributed by atoms with E-state index in [9.17, 15) is 22.4 Å². The summed E-state index contributed by atoms with van der Waals surface area (Å²) in [7, 11) is 0. The number of alkyl halides is 3. The Kier molecular flexibility index (Phi) is 6.50. The summed E-state index contributed by atoms with van der Waals surface area (Å²) in [6, 6.07) is 2.00. The Morgan fingerprint density at radius 1 is 1.44 bits per heavy atom. The number of hydrogen-bond acceptors (Lipinski definition) is 5. The van der Waals surface area contributed by atoms with Crippen LogP contribution in [0.2, 0.25) is 0 Å². The first-order chi connectivity index (χ1) is 12.7. The van der Waals surface area contributed by atoms with Crippen LogP contribution in [0.3, 0.4) is 0 Å². The molecule has 11 heteroatoms. The fraction of sp³-hybridized carbons (Fsp3) is 0.438. The van der Waals surface area contributed by atoms with Crippen molar-refractivity contribution in [3.63, 3.8) is 0 Å². The van der Waals surface area contributed by atoms with Crippen molar-refractivity contribution >= 4 is 11.9 Å². The maximum Gasteiger partial charge on any atom is 0.490 e. The molecule has 1 aliphatic carbocycles. The molecule has 1 aromatic heterocycles. The molecule has 148 valence electrons. The monoisotopic (exact) mass is 391 g/mol. The molecule has 0 saturated heterocycles. The van der Waals surface area contributed by atoms with Gasteiger partial charge in [-0.15, -0.1) is 0 Å². The summed E-state index contributed by atoms with van der Waals surface area (Å²) in [4.78, 5) is 27.0. The molecule has 27 heavy (non-hydrogen) atoms. The van der Waals surface area contributed by atoms with E-state index in [2.05, 4.69) is 4.98 Å². The van der Waals surface area contributed by atoms with Gasteiger partial charge in [-0.2, -0.15) is 13.2 Å². The molecular formula is C16H17F4N3O4. The van der Waals surface area contributed by atoms with E-state index in [1.54, 1.807) is 23.4 Å². The molecule has 1 atom stereocenters. The van der Waals surface area contributed by atoms with Gasteiger partial charge in [0, 0.05) is 30.5 Å². The Morgan fingerprint density at radius 2 is 2.07 bits per heavy atom. The normalized spacial score (nSPS) is 19.4. The van der Waals surface area contributed by atoms with Crippen LogP contribution in [0, 0.1) is 0 Å². The first-order valence-electron chi connectivity index (χ1n) is 7.87. The van der Waals surface area contributed by atoms with Crippen LogP contribution in [0.1, 0.15) is 35.0 Å². The molecule has 3 N–H and O–H groups in total. The Balaban J connectivity index is 0.000000321. The molecule has 2 heterocycles. The number of nitrogens with two attached hydrogens (primary N) is 1.